The maximum Gasteiger partial charge on any atom is 0.301 e. The van der Waals surface area contributed by atoms with Gasteiger partial charge in [-0.15, -0.1) is 11.3 Å². The molecule has 166 valence electrons. The van der Waals surface area contributed by atoms with Crippen LogP contribution in [0, 0.1) is 13.8 Å². The molecule has 33 heavy (non-hydrogen) atoms. The molecule has 1 saturated heterocycles. The van der Waals surface area contributed by atoms with Crippen LogP contribution in [0.3, 0.4) is 0 Å². The maximum atomic E-state index is 13.3. The Kier molecular flexibility index (Phi) is 5.26. The number of hydrogen-bond donors (Lipinski definition) is 1. The Balaban J connectivity index is 1.70. The fourth-order valence-corrected chi connectivity index (χ4v) is 5.96. The molecule has 0 saturated carbocycles. The molecule has 5 rings (SSSR count). The molecule has 2 aromatic heterocycles. The van der Waals surface area contributed by atoms with E-state index in [1.807, 2.05) is 49.6 Å². The second-order valence-electron chi connectivity index (χ2n) is 7.84. The number of methoxy groups -OCH3 is 1. The largest absolute Gasteiger partial charge is 0.507 e. The van der Waals surface area contributed by atoms with Gasteiger partial charge in [-0.2, -0.15) is 0 Å². The zero-order valence-corrected chi connectivity index (χ0v) is 19.8. The van der Waals surface area contributed by atoms with Crippen molar-refractivity contribution in [2.45, 2.75) is 19.9 Å². The van der Waals surface area contributed by atoms with E-state index in [9.17, 15) is 14.7 Å². The average Bonchev–Trinajstić information content (AvgIpc) is 3.52. The Labute approximate surface area is 198 Å². The summed E-state index contributed by atoms with van der Waals surface area (Å²) in [5, 5.41) is 13.5. The van der Waals surface area contributed by atoms with Gasteiger partial charge in [-0.1, -0.05) is 23.5 Å². The number of carbonyl (C=O) groups excluding carboxylic acids is 2. The summed E-state index contributed by atoms with van der Waals surface area (Å²) in [4.78, 5) is 33.3. The number of aryl methyl sites for hydroxylation is 2. The quantitative estimate of drug-likeness (QED) is 0.235. The van der Waals surface area contributed by atoms with Crippen molar-refractivity contribution >= 4 is 55.5 Å². The first-order chi connectivity index (χ1) is 15.9. The van der Waals surface area contributed by atoms with Gasteiger partial charge in [0.15, 0.2) is 5.13 Å². The van der Waals surface area contributed by atoms with Crippen molar-refractivity contribution in [1.82, 2.24) is 4.98 Å². The lowest BCUT2D eigenvalue weighted by atomic mass is 9.99. The van der Waals surface area contributed by atoms with E-state index in [1.54, 1.807) is 25.3 Å². The third kappa shape index (κ3) is 3.51. The van der Waals surface area contributed by atoms with Crippen LogP contribution in [0.25, 0.3) is 16.0 Å². The molecule has 1 unspecified atom stereocenters. The van der Waals surface area contributed by atoms with Gasteiger partial charge in [0, 0.05) is 10.4 Å². The highest BCUT2D eigenvalue weighted by atomic mass is 32.1. The van der Waals surface area contributed by atoms with E-state index in [1.165, 1.54) is 27.6 Å². The van der Waals surface area contributed by atoms with Crippen molar-refractivity contribution in [2.75, 3.05) is 12.0 Å². The molecule has 1 fully saturated rings. The molecule has 1 aliphatic heterocycles. The van der Waals surface area contributed by atoms with Gasteiger partial charge >= 0.3 is 5.91 Å². The number of anilines is 1. The van der Waals surface area contributed by atoms with Crippen LogP contribution in [-0.2, 0) is 9.59 Å². The summed E-state index contributed by atoms with van der Waals surface area (Å²) in [5.41, 5.74) is 3.17. The van der Waals surface area contributed by atoms with E-state index in [0.29, 0.717) is 16.4 Å². The number of aliphatic hydroxyl groups excluding tert-OH is 1. The highest BCUT2D eigenvalue weighted by Gasteiger charge is 2.48. The normalized spacial score (nSPS) is 17.8. The molecule has 0 aliphatic carbocycles. The molecule has 8 heteroatoms. The number of aliphatic hydroxyl groups is 1. The van der Waals surface area contributed by atoms with Gasteiger partial charge in [-0.25, -0.2) is 4.98 Å². The summed E-state index contributed by atoms with van der Waals surface area (Å²) in [5.74, 6) is -0.964. The van der Waals surface area contributed by atoms with Crippen molar-refractivity contribution in [3.8, 4) is 5.75 Å². The lowest BCUT2D eigenvalue weighted by molar-refractivity contribution is -0.132. The Morgan fingerprint density at radius 1 is 1.12 bits per heavy atom. The first-order valence-corrected chi connectivity index (χ1v) is 11.9. The summed E-state index contributed by atoms with van der Waals surface area (Å²) >= 11 is 2.78. The van der Waals surface area contributed by atoms with Crippen LogP contribution < -0.4 is 9.64 Å². The van der Waals surface area contributed by atoms with Crippen LogP contribution >= 0.6 is 22.7 Å². The Morgan fingerprint density at radius 2 is 1.94 bits per heavy atom. The number of carbonyl (C=O) groups is 2. The SMILES string of the molecule is COc1ccc(C(O)=C2C(=O)C(=O)N(c3nc4ccc(C)cc4s3)C2c2cccs2)cc1C. The van der Waals surface area contributed by atoms with Crippen LogP contribution in [0.15, 0.2) is 59.5 Å². The predicted molar refractivity (Wildman–Crippen MR) is 131 cm³/mol. The number of ether oxygens (including phenoxy) is 1. The van der Waals surface area contributed by atoms with Gasteiger partial charge in [0.25, 0.3) is 5.78 Å². The minimum atomic E-state index is -0.755. The molecule has 1 amide bonds. The van der Waals surface area contributed by atoms with Gasteiger partial charge in [0.1, 0.15) is 17.6 Å². The second kappa shape index (κ2) is 8.13. The van der Waals surface area contributed by atoms with Gasteiger partial charge in [-0.3, -0.25) is 14.5 Å². The number of thiazole rings is 1. The fraction of sp³-hybridized carbons (Fsp3) is 0.160. The van der Waals surface area contributed by atoms with Gasteiger partial charge in [-0.05, 0) is 66.8 Å². The first kappa shape index (κ1) is 21.4. The summed E-state index contributed by atoms with van der Waals surface area (Å²) in [6.07, 6.45) is 0. The van der Waals surface area contributed by atoms with Crippen molar-refractivity contribution in [2.24, 2.45) is 0 Å². The number of thiophene rings is 1. The van der Waals surface area contributed by atoms with E-state index >= 15 is 0 Å². The zero-order chi connectivity index (χ0) is 23.3. The second-order valence-corrected chi connectivity index (χ2v) is 9.82. The van der Waals surface area contributed by atoms with Crippen LogP contribution in [0.1, 0.15) is 27.6 Å². The number of ketones is 1. The lowest BCUT2D eigenvalue weighted by Gasteiger charge is -2.21. The molecular formula is C25H20N2O4S2. The number of amides is 1. The summed E-state index contributed by atoms with van der Waals surface area (Å²) < 4.78 is 6.24. The monoisotopic (exact) mass is 476 g/mol. The van der Waals surface area contributed by atoms with Gasteiger partial charge in [0.05, 0.1) is 22.9 Å². The summed E-state index contributed by atoms with van der Waals surface area (Å²) in [6, 6.07) is 14.0. The lowest BCUT2D eigenvalue weighted by Crippen LogP contribution is -2.28. The van der Waals surface area contributed by atoms with E-state index in [-0.39, 0.29) is 11.3 Å². The number of Topliss-reactive ketones (excluding diaryl/α,β-unsaturated/α-hetero) is 1. The van der Waals surface area contributed by atoms with E-state index in [0.717, 1.165) is 26.2 Å². The molecule has 1 aliphatic rings. The molecule has 4 aromatic rings. The standard InChI is InChI=1S/C25H20N2O4S2/c1-13-6-8-16-19(11-13)33-25(26-16)27-21(18-5-4-10-32-18)20(23(29)24(27)30)22(28)15-7-9-17(31-3)14(2)12-15/h4-12,21,28H,1-3H3. The van der Waals surface area contributed by atoms with Crippen LogP contribution in [0.4, 0.5) is 5.13 Å². The highest BCUT2D eigenvalue weighted by Crippen LogP contribution is 2.45. The number of nitrogens with zero attached hydrogens (tertiary/aromatic N) is 2. The smallest absolute Gasteiger partial charge is 0.301 e. The summed E-state index contributed by atoms with van der Waals surface area (Å²) in [6.45, 7) is 3.85. The highest BCUT2D eigenvalue weighted by molar-refractivity contribution is 7.22. The predicted octanol–water partition coefficient (Wildman–Crippen LogP) is 5.61. The summed E-state index contributed by atoms with van der Waals surface area (Å²) in [7, 11) is 1.57. The fourth-order valence-electron chi connectivity index (χ4n) is 4.05. The van der Waals surface area contributed by atoms with Crippen molar-refractivity contribution < 1.29 is 19.4 Å². The first-order valence-electron chi connectivity index (χ1n) is 10.3. The van der Waals surface area contributed by atoms with Crippen molar-refractivity contribution in [1.29, 1.82) is 0 Å². The Morgan fingerprint density at radius 3 is 2.64 bits per heavy atom. The number of benzene rings is 2. The van der Waals surface area contributed by atoms with E-state index in [4.69, 9.17) is 4.74 Å². The molecule has 3 heterocycles. The van der Waals surface area contributed by atoms with Crippen LogP contribution in [-0.4, -0.2) is 28.9 Å². The van der Waals surface area contributed by atoms with Gasteiger partial charge < -0.3 is 9.84 Å². The molecule has 1 atom stereocenters. The Hall–Kier alpha value is -3.49. The number of fused-ring (bicyclic) bond motifs is 1. The van der Waals surface area contributed by atoms with E-state index in [2.05, 4.69) is 4.98 Å². The number of hydrogen-bond acceptors (Lipinski definition) is 7. The number of rotatable bonds is 4. The molecule has 0 radical (unpaired) electrons. The minimum absolute atomic E-state index is 0.0578. The molecule has 6 nitrogen and oxygen atoms in total. The van der Waals surface area contributed by atoms with Crippen molar-refractivity contribution in [3.05, 3.63) is 81.1 Å². The molecule has 2 aromatic carbocycles. The molecule has 0 spiro atoms. The number of aromatic nitrogens is 1. The third-order valence-electron chi connectivity index (χ3n) is 5.66. The van der Waals surface area contributed by atoms with E-state index < -0.39 is 17.7 Å². The van der Waals surface area contributed by atoms with Crippen LogP contribution in [0.5, 0.6) is 5.75 Å². The minimum Gasteiger partial charge on any atom is -0.507 e. The van der Waals surface area contributed by atoms with Crippen molar-refractivity contribution in [3.63, 3.8) is 0 Å². The maximum absolute atomic E-state index is 13.3. The topological polar surface area (TPSA) is 79.7 Å². The average molecular weight is 477 g/mol. The molecular weight excluding hydrogens is 456 g/mol. The molecule has 0 bridgehead atoms. The van der Waals surface area contributed by atoms with Gasteiger partial charge in [0.2, 0.25) is 0 Å². The third-order valence-corrected chi connectivity index (χ3v) is 7.61. The zero-order valence-electron chi connectivity index (χ0n) is 18.2. The van der Waals surface area contributed by atoms with Crippen LogP contribution in [0.2, 0.25) is 0 Å². The molecule has 1 N–H and O–H groups in total. The Bertz CT molecular complexity index is 1440.